The maximum absolute atomic E-state index is 12.8. The van der Waals surface area contributed by atoms with Gasteiger partial charge in [0.25, 0.3) is 0 Å². The summed E-state index contributed by atoms with van der Waals surface area (Å²) in [6.07, 6.45) is 3.44. The van der Waals surface area contributed by atoms with Crippen LogP contribution < -0.4 is 10.1 Å². The number of amides is 2. The monoisotopic (exact) mass is 346 g/mol. The van der Waals surface area contributed by atoms with Crippen LogP contribution in [-0.2, 0) is 14.3 Å². The van der Waals surface area contributed by atoms with Gasteiger partial charge in [-0.25, -0.2) is 0 Å². The molecule has 2 fully saturated rings. The summed E-state index contributed by atoms with van der Waals surface area (Å²) in [4.78, 5) is 27.2. The van der Waals surface area contributed by atoms with Gasteiger partial charge < -0.3 is 19.7 Å². The van der Waals surface area contributed by atoms with E-state index in [1.807, 2.05) is 24.3 Å². The maximum Gasteiger partial charge on any atom is 0.226 e. The minimum absolute atomic E-state index is 0.0123. The van der Waals surface area contributed by atoms with E-state index >= 15 is 0 Å². The van der Waals surface area contributed by atoms with Gasteiger partial charge in [-0.1, -0.05) is 18.2 Å². The Labute approximate surface area is 148 Å². The molecule has 0 radical (unpaired) electrons. The molecule has 136 valence electrons. The first-order chi connectivity index (χ1) is 12.2. The molecule has 0 spiro atoms. The third kappa shape index (κ3) is 3.63. The first kappa shape index (κ1) is 17.7. The first-order valence-corrected chi connectivity index (χ1v) is 8.87. The minimum atomic E-state index is -0.402. The lowest BCUT2D eigenvalue weighted by Gasteiger charge is -2.32. The highest BCUT2D eigenvalue weighted by Gasteiger charge is 2.45. The van der Waals surface area contributed by atoms with E-state index in [0.29, 0.717) is 18.9 Å². The second kappa shape index (κ2) is 7.87. The number of rotatable bonds is 7. The van der Waals surface area contributed by atoms with Gasteiger partial charge >= 0.3 is 0 Å². The van der Waals surface area contributed by atoms with E-state index in [1.165, 1.54) is 0 Å². The van der Waals surface area contributed by atoms with Crippen LogP contribution in [0.3, 0.4) is 0 Å². The Kier molecular flexibility index (Phi) is 5.58. The van der Waals surface area contributed by atoms with Gasteiger partial charge in [0.1, 0.15) is 5.75 Å². The molecular formula is C19H26N2O4. The van der Waals surface area contributed by atoms with Crippen LogP contribution in [0, 0.1) is 5.92 Å². The molecule has 1 aliphatic heterocycles. The van der Waals surface area contributed by atoms with Crippen LogP contribution in [0.25, 0.3) is 0 Å². The van der Waals surface area contributed by atoms with E-state index in [1.54, 1.807) is 19.1 Å². The lowest BCUT2D eigenvalue weighted by Crippen LogP contribution is -2.44. The summed E-state index contributed by atoms with van der Waals surface area (Å²) in [7, 11) is 3.22. The molecule has 1 saturated carbocycles. The van der Waals surface area contributed by atoms with Crippen molar-refractivity contribution in [2.45, 2.75) is 37.8 Å². The van der Waals surface area contributed by atoms with E-state index in [0.717, 1.165) is 24.8 Å². The van der Waals surface area contributed by atoms with Crippen molar-refractivity contribution in [2.24, 2.45) is 5.92 Å². The number of hydrogen-bond acceptors (Lipinski definition) is 4. The molecule has 2 amide bonds. The molecule has 6 heteroatoms. The molecule has 1 aliphatic carbocycles. The second-order valence-electron chi connectivity index (χ2n) is 6.71. The van der Waals surface area contributed by atoms with Crippen molar-refractivity contribution in [3.05, 3.63) is 29.8 Å². The highest BCUT2D eigenvalue weighted by Crippen LogP contribution is 2.42. The fourth-order valence-corrected chi connectivity index (χ4v) is 3.64. The summed E-state index contributed by atoms with van der Waals surface area (Å²) in [5.74, 6) is 0.253. The van der Waals surface area contributed by atoms with Crippen molar-refractivity contribution < 1.29 is 19.1 Å². The topological polar surface area (TPSA) is 67.9 Å². The molecular weight excluding hydrogens is 320 g/mol. The normalized spacial score (nSPS) is 23.4. The molecule has 25 heavy (non-hydrogen) atoms. The van der Waals surface area contributed by atoms with Crippen molar-refractivity contribution in [2.75, 3.05) is 27.4 Å². The predicted molar refractivity (Wildman–Crippen MR) is 93.2 cm³/mol. The van der Waals surface area contributed by atoms with Crippen molar-refractivity contribution in [1.82, 2.24) is 10.2 Å². The van der Waals surface area contributed by atoms with Crippen LogP contribution in [-0.4, -0.2) is 50.1 Å². The van der Waals surface area contributed by atoms with Gasteiger partial charge in [0.15, 0.2) is 0 Å². The quantitative estimate of drug-likeness (QED) is 0.819. The molecule has 1 saturated heterocycles. The summed E-state index contributed by atoms with van der Waals surface area (Å²) in [5, 5.41) is 3.10. The number of hydrogen-bond donors (Lipinski definition) is 1. The summed E-state index contributed by atoms with van der Waals surface area (Å²) in [6.45, 7) is 0.902. The van der Waals surface area contributed by atoms with E-state index in [4.69, 9.17) is 9.47 Å². The Morgan fingerprint density at radius 3 is 2.68 bits per heavy atom. The Hall–Kier alpha value is -2.08. The van der Waals surface area contributed by atoms with Gasteiger partial charge in [-0.05, 0) is 25.3 Å². The summed E-state index contributed by atoms with van der Waals surface area (Å²) >= 11 is 0. The third-order valence-corrected chi connectivity index (χ3v) is 5.21. The molecule has 2 aliphatic rings. The Balaban J connectivity index is 1.89. The van der Waals surface area contributed by atoms with Crippen molar-refractivity contribution in [3.63, 3.8) is 0 Å². The van der Waals surface area contributed by atoms with Crippen LogP contribution in [0.4, 0.5) is 0 Å². The van der Waals surface area contributed by atoms with Crippen LogP contribution in [0.5, 0.6) is 5.75 Å². The van der Waals surface area contributed by atoms with Gasteiger partial charge in [0.2, 0.25) is 11.8 Å². The fraction of sp³-hybridized carbons (Fsp3) is 0.579. The number of nitrogens with one attached hydrogen (secondary N) is 1. The molecule has 2 atom stereocenters. The number of carbonyl (C=O) groups is 2. The van der Waals surface area contributed by atoms with Gasteiger partial charge in [0, 0.05) is 31.7 Å². The highest BCUT2D eigenvalue weighted by atomic mass is 16.5. The second-order valence-corrected chi connectivity index (χ2v) is 6.71. The van der Waals surface area contributed by atoms with Gasteiger partial charge in [-0.3, -0.25) is 9.59 Å². The zero-order chi connectivity index (χ0) is 17.8. The van der Waals surface area contributed by atoms with Crippen molar-refractivity contribution in [3.8, 4) is 5.75 Å². The van der Waals surface area contributed by atoms with Crippen molar-refractivity contribution >= 4 is 11.8 Å². The lowest BCUT2D eigenvalue weighted by molar-refractivity contribution is -0.130. The Morgan fingerprint density at radius 1 is 1.28 bits per heavy atom. The van der Waals surface area contributed by atoms with E-state index in [2.05, 4.69) is 5.32 Å². The van der Waals surface area contributed by atoms with Crippen LogP contribution in [0.1, 0.15) is 37.3 Å². The summed E-state index contributed by atoms with van der Waals surface area (Å²) in [6, 6.07) is 7.55. The molecule has 0 unspecified atom stereocenters. The fourth-order valence-electron chi connectivity index (χ4n) is 3.64. The number of methoxy groups -OCH3 is 2. The number of benzene rings is 1. The van der Waals surface area contributed by atoms with E-state index < -0.39 is 5.92 Å². The van der Waals surface area contributed by atoms with Crippen LogP contribution in [0.15, 0.2) is 24.3 Å². The third-order valence-electron chi connectivity index (χ3n) is 5.21. The number of para-hydroxylation sites is 1. The number of carbonyl (C=O) groups excluding carboxylic acids is 2. The Bertz CT molecular complexity index is 630. The first-order valence-electron chi connectivity index (χ1n) is 8.87. The average molecular weight is 346 g/mol. The molecule has 6 nitrogen and oxygen atoms in total. The predicted octanol–water partition coefficient (Wildman–Crippen LogP) is 1.90. The molecule has 1 aromatic rings. The van der Waals surface area contributed by atoms with Crippen LogP contribution >= 0.6 is 0 Å². The molecule has 1 heterocycles. The van der Waals surface area contributed by atoms with E-state index in [9.17, 15) is 9.59 Å². The van der Waals surface area contributed by atoms with Gasteiger partial charge in [-0.15, -0.1) is 0 Å². The smallest absolute Gasteiger partial charge is 0.226 e. The SMILES string of the molecule is COCCN1C(=O)C[C@@H](C(=O)NC2CCC2)[C@@H]1c1ccccc1OC. The zero-order valence-electron chi connectivity index (χ0n) is 14.9. The highest BCUT2D eigenvalue weighted by molar-refractivity contribution is 5.90. The molecule has 1 aromatic carbocycles. The minimum Gasteiger partial charge on any atom is -0.496 e. The van der Waals surface area contributed by atoms with Crippen LogP contribution in [0.2, 0.25) is 0 Å². The van der Waals surface area contributed by atoms with Gasteiger partial charge in [0.05, 0.1) is 25.7 Å². The zero-order valence-corrected chi connectivity index (χ0v) is 14.9. The standard InChI is InChI=1S/C19H26N2O4/c1-24-11-10-21-17(22)12-15(19(23)20-13-6-5-7-13)18(21)14-8-3-4-9-16(14)25-2/h3-4,8-9,13,15,18H,5-7,10-12H2,1-2H3,(H,20,23)/t15-,18+/m1/s1. The van der Waals surface area contributed by atoms with Crippen molar-refractivity contribution in [1.29, 1.82) is 0 Å². The summed E-state index contributed by atoms with van der Waals surface area (Å²) in [5.41, 5.74) is 0.876. The Morgan fingerprint density at radius 2 is 2.04 bits per heavy atom. The van der Waals surface area contributed by atoms with Gasteiger partial charge in [-0.2, -0.15) is 0 Å². The molecule has 0 aromatic heterocycles. The summed E-state index contributed by atoms with van der Waals surface area (Å²) < 4.78 is 10.6. The largest absolute Gasteiger partial charge is 0.496 e. The van der Waals surface area contributed by atoms with E-state index in [-0.39, 0.29) is 30.3 Å². The lowest BCUT2D eigenvalue weighted by atomic mass is 9.89. The molecule has 3 rings (SSSR count). The molecule has 0 bridgehead atoms. The number of nitrogens with zero attached hydrogens (tertiary/aromatic N) is 1. The maximum atomic E-state index is 12.8. The molecule has 1 N–H and O–H groups in total. The number of ether oxygens (including phenoxy) is 2. The number of likely N-dealkylation sites (tertiary alicyclic amines) is 1. The average Bonchev–Trinajstić information content (AvgIpc) is 2.92.